The molecule has 1 amide bonds. The Bertz CT molecular complexity index is 715. The number of hydrogen-bond acceptors (Lipinski definition) is 5. The van der Waals surface area contributed by atoms with Gasteiger partial charge in [0.2, 0.25) is 0 Å². The quantitative estimate of drug-likeness (QED) is 0.877. The van der Waals surface area contributed by atoms with Crippen molar-refractivity contribution >= 4 is 17.6 Å². The van der Waals surface area contributed by atoms with Crippen molar-refractivity contribution in [2.24, 2.45) is 0 Å². The number of methoxy groups -OCH3 is 2. The highest BCUT2D eigenvalue weighted by Crippen LogP contribution is 2.29. The summed E-state index contributed by atoms with van der Waals surface area (Å²) >= 11 is 0. The molecule has 2 aromatic rings. The molecule has 0 saturated heterocycles. The number of hydrogen-bond donors (Lipinski definition) is 2. The Kier molecular flexibility index (Phi) is 4.57. The van der Waals surface area contributed by atoms with Crippen LogP contribution in [0.2, 0.25) is 0 Å². The van der Waals surface area contributed by atoms with Crippen molar-refractivity contribution in [3.63, 3.8) is 0 Å². The predicted octanol–water partition coefficient (Wildman–Crippen LogP) is 2.05. The van der Waals surface area contributed by atoms with E-state index in [2.05, 4.69) is 10.3 Å². The van der Waals surface area contributed by atoms with Gasteiger partial charge in [-0.3, -0.25) is 4.79 Å². The smallest absolute Gasteiger partial charge is 0.355 e. The van der Waals surface area contributed by atoms with Crippen molar-refractivity contribution in [3.05, 3.63) is 47.8 Å². The van der Waals surface area contributed by atoms with Crippen molar-refractivity contribution in [3.8, 4) is 11.5 Å². The third-order valence-corrected chi connectivity index (χ3v) is 2.90. The maximum Gasteiger partial charge on any atom is 0.355 e. The molecule has 0 saturated carbocycles. The van der Waals surface area contributed by atoms with Gasteiger partial charge in [0, 0.05) is 18.0 Å². The number of amides is 1. The molecule has 0 aliphatic rings. The second-order valence-electron chi connectivity index (χ2n) is 4.23. The van der Waals surface area contributed by atoms with Crippen LogP contribution in [0.25, 0.3) is 0 Å². The predicted molar refractivity (Wildman–Crippen MR) is 78.7 cm³/mol. The maximum atomic E-state index is 12.2. The fourth-order valence-electron chi connectivity index (χ4n) is 1.87. The average molecular weight is 302 g/mol. The summed E-state index contributed by atoms with van der Waals surface area (Å²) in [5, 5.41) is 11.7. The molecule has 1 aromatic heterocycles. The molecule has 1 aromatic carbocycles. The van der Waals surface area contributed by atoms with Gasteiger partial charge in [0.15, 0.2) is 17.2 Å². The lowest BCUT2D eigenvalue weighted by atomic mass is 10.1. The molecule has 2 N–H and O–H groups in total. The summed E-state index contributed by atoms with van der Waals surface area (Å²) in [5.41, 5.74) is 0.119. The molecule has 0 fully saturated rings. The topological polar surface area (TPSA) is 97.8 Å². The number of aromatic nitrogens is 1. The van der Waals surface area contributed by atoms with E-state index in [-0.39, 0.29) is 11.3 Å². The van der Waals surface area contributed by atoms with Crippen LogP contribution < -0.4 is 14.8 Å². The Labute approximate surface area is 126 Å². The number of pyridine rings is 1. The lowest BCUT2D eigenvalue weighted by molar-refractivity contribution is 0.0686. The van der Waals surface area contributed by atoms with Crippen molar-refractivity contribution in [2.75, 3.05) is 19.5 Å². The third-order valence-electron chi connectivity index (χ3n) is 2.90. The minimum Gasteiger partial charge on any atom is -0.493 e. The highest BCUT2D eigenvalue weighted by Gasteiger charge is 2.18. The Morgan fingerprint density at radius 3 is 2.50 bits per heavy atom. The fourth-order valence-corrected chi connectivity index (χ4v) is 1.87. The number of rotatable bonds is 5. The molecule has 114 valence electrons. The van der Waals surface area contributed by atoms with Gasteiger partial charge in [-0.25, -0.2) is 9.78 Å². The number of carbonyl (C=O) groups excluding carboxylic acids is 1. The first-order valence-corrected chi connectivity index (χ1v) is 6.28. The van der Waals surface area contributed by atoms with Crippen LogP contribution in [0.15, 0.2) is 36.5 Å². The number of nitrogens with zero attached hydrogens (tertiary/aromatic N) is 1. The standard InChI is InChI=1S/C15H14N2O5/c1-21-11-6-5-9(8-12(11)22-2)17-14(18)10-4-3-7-16-13(10)15(19)20/h3-8H,1-2H3,(H,17,18)(H,19,20). The van der Waals surface area contributed by atoms with E-state index < -0.39 is 11.9 Å². The second-order valence-corrected chi connectivity index (χ2v) is 4.23. The summed E-state index contributed by atoms with van der Waals surface area (Å²) in [4.78, 5) is 27.0. The SMILES string of the molecule is COc1ccc(NC(=O)c2cccnc2C(=O)O)cc1OC. The number of aromatic carboxylic acids is 1. The largest absolute Gasteiger partial charge is 0.493 e. The second kappa shape index (κ2) is 6.57. The Morgan fingerprint density at radius 1 is 1.14 bits per heavy atom. The van der Waals surface area contributed by atoms with E-state index in [1.165, 1.54) is 32.5 Å². The molecule has 7 nitrogen and oxygen atoms in total. The van der Waals surface area contributed by atoms with Gasteiger partial charge >= 0.3 is 5.97 Å². The van der Waals surface area contributed by atoms with Gasteiger partial charge in [-0.2, -0.15) is 0 Å². The molecule has 1 heterocycles. The lowest BCUT2D eigenvalue weighted by Gasteiger charge is -2.11. The molecule has 2 rings (SSSR count). The Hall–Kier alpha value is -3.09. The first kappa shape index (κ1) is 15.3. The number of carbonyl (C=O) groups is 2. The van der Waals surface area contributed by atoms with E-state index >= 15 is 0 Å². The summed E-state index contributed by atoms with van der Waals surface area (Å²) in [7, 11) is 2.98. The monoisotopic (exact) mass is 302 g/mol. The van der Waals surface area contributed by atoms with Gasteiger partial charge < -0.3 is 19.9 Å². The van der Waals surface area contributed by atoms with Gasteiger partial charge in [-0.05, 0) is 24.3 Å². The lowest BCUT2D eigenvalue weighted by Crippen LogP contribution is -2.17. The zero-order chi connectivity index (χ0) is 16.1. The van der Waals surface area contributed by atoms with Gasteiger partial charge in [0.1, 0.15) is 0 Å². The van der Waals surface area contributed by atoms with E-state index in [1.807, 2.05) is 0 Å². The molecule has 0 bridgehead atoms. The first-order chi connectivity index (χ1) is 10.6. The van der Waals surface area contributed by atoms with Crippen LogP contribution in [0, 0.1) is 0 Å². The number of nitrogens with one attached hydrogen (secondary N) is 1. The van der Waals surface area contributed by atoms with Crippen LogP contribution in [0.1, 0.15) is 20.8 Å². The molecule has 0 aliphatic heterocycles. The highest BCUT2D eigenvalue weighted by molar-refractivity contribution is 6.09. The molecular formula is C15H14N2O5. The zero-order valence-electron chi connectivity index (χ0n) is 12.0. The van der Waals surface area contributed by atoms with E-state index in [0.717, 1.165) is 0 Å². The van der Waals surface area contributed by atoms with Crippen molar-refractivity contribution < 1.29 is 24.2 Å². The van der Waals surface area contributed by atoms with Crippen LogP contribution in [0.5, 0.6) is 11.5 Å². The molecule has 0 atom stereocenters. The van der Waals surface area contributed by atoms with Crippen LogP contribution in [-0.4, -0.2) is 36.2 Å². The van der Waals surface area contributed by atoms with E-state index in [1.54, 1.807) is 18.2 Å². The number of benzene rings is 1. The van der Waals surface area contributed by atoms with Crippen LogP contribution in [0.3, 0.4) is 0 Å². The maximum absolute atomic E-state index is 12.2. The molecule has 7 heteroatoms. The van der Waals surface area contributed by atoms with Crippen LogP contribution in [-0.2, 0) is 0 Å². The summed E-state index contributed by atoms with van der Waals surface area (Å²) in [5.74, 6) is -0.867. The Morgan fingerprint density at radius 2 is 1.86 bits per heavy atom. The summed E-state index contributed by atoms with van der Waals surface area (Å²) in [6.07, 6.45) is 1.32. The summed E-state index contributed by atoms with van der Waals surface area (Å²) in [6, 6.07) is 7.72. The first-order valence-electron chi connectivity index (χ1n) is 6.28. The Balaban J connectivity index is 2.28. The minimum atomic E-state index is -1.27. The van der Waals surface area contributed by atoms with Crippen LogP contribution >= 0.6 is 0 Å². The molecular weight excluding hydrogens is 288 g/mol. The van der Waals surface area contributed by atoms with E-state index in [9.17, 15) is 9.59 Å². The molecule has 0 aliphatic carbocycles. The molecule has 0 unspecified atom stereocenters. The van der Waals surface area contributed by atoms with Gasteiger partial charge in [0.25, 0.3) is 5.91 Å². The average Bonchev–Trinajstić information content (AvgIpc) is 2.54. The van der Waals surface area contributed by atoms with Crippen LogP contribution in [0.4, 0.5) is 5.69 Å². The van der Waals surface area contributed by atoms with E-state index in [0.29, 0.717) is 17.2 Å². The van der Waals surface area contributed by atoms with Crippen molar-refractivity contribution in [1.82, 2.24) is 4.98 Å². The third kappa shape index (κ3) is 3.14. The molecule has 0 spiro atoms. The highest BCUT2D eigenvalue weighted by atomic mass is 16.5. The number of carboxylic acids is 1. The summed E-state index contributed by atoms with van der Waals surface area (Å²) in [6.45, 7) is 0. The number of anilines is 1. The van der Waals surface area contributed by atoms with E-state index in [4.69, 9.17) is 14.6 Å². The van der Waals surface area contributed by atoms with Gasteiger partial charge in [-0.1, -0.05) is 0 Å². The van der Waals surface area contributed by atoms with Gasteiger partial charge in [-0.15, -0.1) is 0 Å². The minimum absolute atomic E-state index is 0.0233. The summed E-state index contributed by atoms with van der Waals surface area (Å²) < 4.78 is 10.2. The normalized spacial score (nSPS) is 9.91. The molecule has 0 radical (unpaired) electrons. The zero-order valence-corrected chi connectivity index (χ0v) is 12.0. The van der Waals surface area contributed by atoms with Crippen molar-refractivity contribution in [2.45, 2.75) is 0 Å². The fraction of sp³-hybridized carbons (Fsp3) is 0.133. The van der Waals surface area contributed by atoms with Crippen molar-refractivity contribution in [1.29, 1.82) is 0 Å². The van der Waals surface area contributed by atoms with Gasteiger partial charge in [0.05, 0.1) is 19.8 Å². The number of ether oxygens (including phenoxy) is 2. The molecule has 22 heavy (non-hydrogen) atoms. The number of carboxylic acid groups (broad SMARTS) is 1.